The first kappa shape index (κ1) is 27.3. The van der Waals surface area contributed by atoms with Crippen molar-refractivity contribution in [1.82, 2.24) is 14.9 Å². The number of ether oxygens (including phenoxy) is 2. The first-order chi connectivity index (χ1) is 16.5. The van der Waals surface area contributed by atoms with Crippen LogP contribution in [-0.2, 0) is 0 Å². The van der Waals surface area contributed by atoms with Gasteiger partial charge < -0.3 is 25.0 Å². The Morgan fingerprint density at radius 2 is 1.65 bits per heavy atom. The Hall–Kier alpha value is -2.91. The van der Waals surface area contributed by atoms with Crippen molar-refractivity contribution in [3.8, 4) is 11.5 Å². The summed E-state index contributed by atoms with van der Waals surface area (Å²) in [6.45, 7) is 11.6. The van der Waals surface area contributed by atoms with Gasteiger partial charge in [-0.3, -0.25) is 0 Å². The van der Waals surface area contributed by atoms with Crippen LogP contribution in [0, 0.1) is 5.82 Å². The van der Waals surface area contributed by atoms with E-state index in [-0.39, 0.29) is 5.82 Å². The summed E-state index contributed by atoms with van der Waals surface area (Å²) in [6.07, 6.45) is 1.65. The molecule has 34 heavy (non-hydrogen) atoms. The zero-order valence-corrected chi connectivity index (χ0v) is 21.9. The van der Waals surface area contributed by atoms with Gasteiger partial charge in [0.25, 0.3) is 0 Å². The van der Waals surface area contributed by atoms with Crippen molar-refractivity contribution in [2.45, 2.75) is 27.7 Å². The van der Waals surface area contributed by atoms with E-state index in [1.807, 2.05) is 32.0 Å². The number of anilines is 4. The SMILES string of the molecule is CC.CCN(CC)CCOc1cc(Nc2ncc(Br)c(Nc3ccc(F)cc3)n2)ccc1OC. The molecule has 1 aromatic heterocycles. The van der Waals surface area contributed by atoms with Gasteiger partial charge in [-0.15, -0.1) is 0 Å². The van der Waals surface area contributed by atoms with Crippen molar-refractivity contribution in [3.63, 3.8) is 0 Å². The van der Waals surface area contributed by atoms with Gasteiger partial charge in [0, 0.05) is 30.2 Å². The molecule has 0 radical (unpaired) electrons. The third-order valence-corrected chi connectivity index (χ3v) is 5.41. The molecule has 9 heteroatoms. The largest absolute Gasteiger partial charge is 0.493 e. The smallest absolute Gasteiger partial charge is 0.229 e. The second-order valence-corrected chi connectivity index (χ2v) is 7.74. The van der Waals surface area contributed by atoms with E-state index in [1.54, 1.807) is 25.4 Å². The normalized spacial score (nSPS) is 10.4. The van der Waals surface area contributed by atoms with Gasteiger partial charge in [0.2, 0.25) is 5.95 Å². The van der Waals surface area contributed by atoms with Gasteiger partial charge in [0.1, 0.15) is 18.2 Å². The van der Waals surface area contributed by atoms with Crippen molar-refractivity contribution in [1.29, 1.82) is 0 Å². The maximum atomic E-state index is 13.2. The van der Waals surface area contributed by atoms with Crippen LogP contribution in [0.15, 0.2) is 53.1 Å². The van der Waals surface area contributed by atoms with E-state index >= 15 is 0 Å². The van der Waals surface area contributed by atoms with Gasteiger partial charge in [-0.1, -0.05) is 27.7 Å². The highest BCUT2D eigenvalue weighted by molar-refractivity contribution is 9.10. The summed E-state index contributed by atoms with van der Waals surface area (Å²) >= 11 is 3.44. The molecule has 0 atom stereocenters. The Bertz CT molecular complexity index is 1020. The maximum Gasteiger partial charge on any atom is 0.229 e. The Kier molecular flexibility index (Phi) is 11.6. The van der Waals surface area contributed by atoms with Crippen molar-refractivity contribution >= 4 is 39.1 Å². The fraction of sp³-hybridized carbons (Fsp3) is 0.360. The molecular formula is C25H33BrFN5O2. The van der Waals surface area contributed by atoms with Gasteiger partial charge in [0.05, 0.1) is 11.6 Å². The lowest BCUT2D eigenvalue weighted by atomic mass is 10.2. The summed E-state index contributed by atoms with van der Waals surface area (Å²) in [5.74, 6) is 1.96. The van der Waals surface area contributed by atoms with E-state index in [0.717, 1.165) is 25.3 Å². The molecule has 7 nitrogen and oxygen atoms in total. The summed E-state index contributed by atoms with van der Waals surface area (Å²) < 4.78 is 25.2. The predicted octanol–water partition coefficient (Wildman–Crippen LogP) is 6.62. The lowest BCUT2D eigenvalue weighted by Crippen LogP contribution is -2.27. The number of halogens is 2. The van der Waals surface area contributed by atoms with E-state index in [1.165, 1.54) is 12.1 Å². The Labute approximate surface area is 209 Å². The van der Waals surface area contributed by atoms with E-state index in [4.69, 9.17) is 9.47 Å². The molecule has 0 spiro atoms. The monoisotopic (exact) mass is 533 g/mol. The van der Waals surface area contributed by atoms with Crippen LogP contribution in [0.3, 0.4) is 0 Å². The van der Waals surface area contributed by atoms with Crippen LogP contribution >= 0.6 is 15.9 Å². The number of hydrogen-bond acceptors (Lipinski definition) is 7. The molecule has 0 saturated heterocycles. The molecule has 2 aromatic carbocycles. The third kappa shape index (κ3) is 8.14. The summed E-state index contributed by atoms with van der Waals surface area (Å²) in [5, 5.41) is 6.34. The molecule has 184 valence electrons. The first-order valence-electron chi connectivity index (χ1n) is 11.4. The van der Waals surface area contributed by atoms with E-state index in [9.17, 15) is 4.39 Å². The Balaban J connectivity index is 0.00000199. The highest BCUT2D eigenvalue weighted by atomic mass is 79.9. The predicted molar refractivity (Wildman–Crippen MR) is 140 cm³/mol. The van der Waals surface area contributed by atoms with Crippen LogP contribution in [-0.4, -0.2) is 48.2 Å². The van der Waals surface area contributed by atoms with Crippen molar-refractivity contribution in [2.75, 3.05) is 44.0 Å². The summed E-state index contributed by atoms with van der Waals surface area (Å²) in [6, 6.07) is 11.6. The van der Waals surface area contributed by atoms with Gasteiger partial charge in [-0.25, -0.2) is 9.37 Å². The van der Waals surface area contributed by atoms with Crippen LogP contribution in [0.5, 0.6) is 11.5 Å². The average molecular weight is 534 g/mol. The second kappa shape index (κ2) is 14.4. The van der Waals surface area contributed by atoms with Gasteiger partial charge >= 0.3 is 0 Å². The zero-order chi connectivity index (χ0) is 24.9. The molecule has 3 aromatic rings. The summed E-state index contributed by atoms with van der Waals surface area (Å²) in [4.78, 5) is 11.1. The highest BCUT2D eigenvalue weighted by Gasteiger charge is 2.10. The molecule has 0 bridgehead atoms. The number of likely N-dealkylation sites (N-methyl/N-ethyl adjacent to an activating group) is 1. The van der Waals surface area contributed by atoms with Crippen molar-refractivity contribution < 1.29 is 13.9 Å². The minimum Gasteiger partial charge on any atom is -0.493 e. The molecule has 0 aliphatic rings. The molecule has 1 heterocycles. The number of nitrogens with one attached hydrogen (secondary N) is 2. The number of benzene rings is 2. The van der Waals surface area contributed by atoms with Crippen LogP contribution < -0.4 is 20.1 Å². The summed E-state index contributed by atoms with van der Waals surface area (Å²) in [5.41, 5.74) is 1.48. The molecule has 0 unspecified atom stereocenters. The fourth-order valence-electron chi connectivity index (χ4n) is 3.01. The lowest BCUT2D eigenvalue weighted by Gasteiger charge is -2.19. The Morgan fingerprint density at radius 1 is 0.971 bits per heavy atom. The van der Waals surface area contributed by atoms with Gasteiger partial charge in [0.15, 0.2) is 11.5 Å². The Morgan fingerprint density at radius 3 is 2.29 bits per heavy atom. The lowest BCUT2D eigenvalue weighted by molar-refractivity contribution is 0.217. The number of aromatic nitrogens is 2. The van der Waals surface area contributed by atoms with Gasteiger partial charge in [-0.05, 0) is 65.4 Å². The zero-order valence-electron chi connectivity index (χ0n) is 20.4. The first-order valence-corrected chi connectivity index (χ1v) is 12.2. The van der Waals surface area contributed by atoms with Crippen molar-refractivity contribution in [3.05, 3.63) is 59.0 Å². The van der Waals surface area contributed by atoms with E-state index in [2.05, 4.69) is 55.3 Å². The molecule has 2 N–H and O–H groups in total. The minimum atomic E-state index is -0.297. The van der Waals surface area contributed by atoms with Crippen molar-refractivity contribution in [2.24, 2.45) is 0 Å². The molecule has 3 rings (SSSR count). The number of rotatable bonds is 11. The summed E-state index contributed by atoms with van der Waals surface area (Å²) in [7, 11) is 1.62. The number of hydrogen-bond donors (Lipinski definition) is 2. The minimum absolute atomic E-state index is 0.297. The van der Waals surface area contributed by atoms with Crippen LogP contribution in [0.4, 0.5) is 27.5 Å². The number of methoxy groups -OCH3 is 1. The molecule has 0 saturated carbocycles. The van der Waals surface area contributed by atoms with Crippen LogP contribution in [0.25, 0.3) is 0 Å². The molecule has 0 fully saturated rings. The van der Waals surface area contributed by atoms with E-state index in [0.29, 0.717) is 40.0 Å². The number of nitrogens with zero attached hydrogens (tertiary/aromatic N) is 3. The topological polar surface area (TPSA) is 71.5 Å². The molecule has 0 aliphatic heterocycles. The molecule has 0 aliphatic carbocycles. The van der Waals surface area contributed by atoms with Gasteiger partial charge in [-0.2, -0.15) is 4.98 Å². The molecule has 0 amide bonds. The third-order valence-electron chi connectivity index (χ3n) is 4.83. The fourth-order valence-corrected chi connectivity index (χ4v) is 3.30. The molecular weight excluding hydrogens is 501 g/mol. The standard InChI is InChI=1S/C23H27BrFN5O2.C2H6/c1-4-30(5-2)12-13-32-21-14-18(10-11-20(21)31-3)28-23-26-15-19(24)22(29-23)27-17-8-6-16(25)7-9-17;1-2/h6-11,14-15H,4-5,12-13H2,1-3H3,(H2,26,27,28,29);1-2H3. The average Bonchev–Trinajstić information content (AvgIpc) is 2.86. The van der Waals surface area contributed by atoms with Crippen LogP contribution in [0.2, 0.25) is 0 Å². The van der Waals surface area contributed by atoms with Crippen LogP contribution in [0.1, 0.15) is 27.7 Å². The second-order valence-electron chi connectivity index (χ2n) is 6.89. The maximum absolute atomic E-state index is 13.2. The quantitative estimate of drug-likeness (QED) is 0.287. The van der Waals surface area contributed by atoms with E-state index < -0.39 is 0 Å². The highest BCUT2D eigenvalue weighted by Crippen LogP contribution is 2.32.